The number of hydrogen-bond donors (Lipinski definition) is 4. The van der Waals surface area contributed by atoms with Gasteiger partial charge in [0, 0.05) is 43.1 Å². The number of benzene rings is 6. The maximum absolute atomic E-state index is 13.1. The molecule has 0 bridgehead atoms. The normalized spacial score (nSPS) is 12.9. The van der Waals surface area contributed by atoms with E-state index in [1.165, 1.54) is 0 Å². The molecule has 0 unspecified atom stereocenters. The molecule has 6 aromatic carbocycles. The molecule has 8 nitrogen and oxygen atoms in total. The van der Waals surface area contributed by atoms with Crippen LogP contribution < -0.4 is 9.44 Å². The Labute approximate surface area is 343 Å². The van der Waals surface area contributed by atoms with Crippen molar-refractivity contribution in [2.45, 2.75) is 35.7 Å². The Kier molecular flexibility index (Phi) is 11.8. The van der Waals surface area contributed by atoms with Crippen molar-refractivity contribution in [3.63, 3.8) is 0 Å². The molecule has 0 aliphatic carbocycles. The van der Waals surface area contributed by atoms with E-state index in [4.69, 9.17) is 0 Å². The number of fused-ring (bicyclic) bond motifs is 2. The second-order valence-electron chi connectivity index (χ2n) is 13.4. The fourth-order valence-corrected chi connectivity index (χ4v) is 9.42. The van der Waals surface area contributed by atoms with Crippen LogP contribution in [0.5, 0.6) is 0 Å². The van der Waals surface area contributed by atoms with Crippen molar-refractivity contribution < 1.29 is 16.8 Å². The number of aromatic amines is 2. The highest BCUT2D eigenvalue weighted by atomic mass is 79.9. The number of aromatic nitrogens is 2. The Morgan fingerprint density at radius 1 is 0.464 bits per heavy atom. The Bertz CT molecular complexity index is 2620. The minimum absolute atomic E-state index is 0.250. The molecule has 284 valence electrons. The molecule has 56 heavy (non-hydrogen) atoms. The molecular formula is C44H38Br2N4O4S2. The van der Waals surface area contributed by atoms with E-state index in [-0.39, 0.29) is 9.79 Å². The van der Waals surface area contributed by atoms with E-state index in [0.717, 1.165) is 64.1 Å². The molecule has 2 aromatic heterocycles. The predicted molar refractivity (Wildman–Crippen MR) is 232 cm³/mol. The van der Waals surface area contributed by atoms with Crippen LogP contribution in [0.2, 0.25) is 0 Å². The van der Waals surface area contributed by atoms with Crippen molar-refractivity contribution in [3.8, 4) is 0 Å². The van der Waals surface area contributed by atoms with Gasteiger partial charge in [-0.15, -0.1) is 0 Å². The van der Waals surface area contributed by atoms with Gasteiger partial charge >= 0.3 is 0 Å². The zero-order chi connectivity index (χ0) is 39.5. The number of rotatable bonds is 10. The van der Waals surface area contributed by atoms with Crippen LogP contribution in [0.1, 0.15) is 45.5 Å². The van der Waals surface area contributed by atoms with Crippen molar-refractivity contribution >= 4 is 73.7 Å². The van der Waals surface area contributed by atoms with E-state index in [1.54, 1.807) is 48.5 Å². The summed E-state index contributed by atoms with van der Waals surface area (Å²) in [6.07, 6.45) is 3.74. The molecule has 0 radical (unpaired) electrons. The molecule has 12 heteroatoms. The highest BCUT2D eigenvalue weighted by molar-refractivity contribution is 9.10. The Morgan fingerprint density at radius 2 is 0.804 bits per heavy atom. The van der Waals surface area contributed by atoms with E-state index >= 15 is 0 Å². The summed E-state index contributed by atoms with van der Waals surface area (Å²) in [5.41, 5.74) is 7.46. The van der Waals surface area contributed by atoms with Gasteiger partial charge in [0.25, 0.3) is 0 Å². The standard InChI is InChI=1S/2C22H19BrN2O2S/c2*1-15-6-12-18(13-7-15)28(26,27)25-22(16-8-10-17(23)11-9-16)20-14-24-21-5-3-2-4-19(20)21/h2*2-14,22,24-25H,1H3/t2*22-/m00/s1. The molecule has 0 saturated carbocycles. The van der Waals surface area contributed by atoms with Crippen molar-refractivity contribution in [3.05, 3.63) is 200 Å². The molecular weight excluding hydrogens is 872 g/mol. The van der Waals surface area contributed by atoms with E-state index in [1.807, 2.05) is 123 Å². The number of aryl methyl sites for hydroxylation is 2. The minimum atomic E-state index is -3.70. The van der Waals surface area contributed by atoms with Gasteiger partial charge in [-0.1, -0.05) is 128 Å². The quantitative estimate of drug-likeness (QED) is 0.109. The van der Waals surface area contributed by atoms with E-state index < -0.39 is 32.1 Å². The summed E-state index contributed by atoms with van der Waals surface area (Å²) in [7, 11) is -7.41. The SMILES string of the molecule is Cc1ccc(S(=O)(=O)N[C@@H](c2ccc(Br)cc2)c2c[nH]c3ccccc23)cc1.Cc1ccc(S(=O)(=O)N[C@@H](c2ccc(Br)cc2)c2c[nH]c3ccccc23)cc1. The third kappa shape index (κ3) is 8.91. The van der Waals surface area contributed by atoms with Crippen molar-refractivity contribution in [1.82, 2.24) is 19.4 Å². The van der Waals surface area contributed by atoms with Crippen LogP contribution in [0.4, 0.5) is 0 Å². The molecule has 2 atom stereocenters. The van der Waals surface area contributed by atoms with Crippen molar-refractivity contribution in [2.75, 3.05) is 0 Å². The van der Waals surface area contributed by atoms with E-state index in [9.17, 15) is 16.8 Å². The van der Waals surface area contributed by atoms with Gasteiger partial charge in [0.1, 0.15) is 0 Å². The van der Waals surface area contributed by atoms with Gasteiger partial charge in [-0.25, -0.2) is 16.8 Å². The fourth-order valence-electron chi connectivity index (χ4n) is 6.48. The van der Waals surface area contributed by atoms with Crippen LogP contribution in [0.3, 0.4) is 0 Å². The molecule has 4 N–H and O–H groups in total. The maximum Gasteiger partial charge on any atom is 0.241 e. The van der Waals surface area contributed by atoms with Crippen molar-refractivity contribution in [2.24, 2.45) is 0 Å². The summed E-state index contributed by atoms with van der Waals surface area (Å²) in [6, 6.07) is 43.8. The lowest BCUT2D eigenvalue weighted by molar-refractivity contribution is 0.571. The van der Waals surface area contributed by atoms with Crippen LogP contribution in [-0.2, 0) is 20.0 Å². The molecule has 0 aliphatic rings. The largest absolute Gasteiger partial charge is 0.361 e. The van der Waals surface area contributed by atoms with E-state index in [0.29, 0.717) is 0 Å². The lowest BCUT2D eigenvalue weighted by atomic mass is 9.99. The number of nitrogens with one attached hydrogen (secondary N) is 4. The summed E-state index contributed by atoms with van der Waals surface area (Å²) in [5, 5.41) is 1.98. The third-order valence-electron chi connectivity index (χ3n) is 9.48. The Morgan fingerprint density at radius 3 is 1.16 bits per heavy atom. The van der Waals surface area contributed by atoms with Gasteiger partial charge in [0.05, 0.1) is 21.9 Å². The van der Waals surface area contributed by atoms with Gasteiger partial charge < -0.3 is 9.97 Å². The average molecular weight is 911 g/mol. The van der Waals surface area contributed by atoms with Gasteiger partial charge in [-0.05, 0) is 96.8 Å². The molecule has 0 saturated heterocycles. The number of sulfonamides is 2. The highest BCUT2D eigenvalue weighted by Gasteiger charge is 2.26. The van der Waals surface area contributed by atoms with Crippen molar-refractivity contribution in [1.29, 1.82) is 0 Å². The summed E-state index contributed by atoms with van der Waals surface area (Å²) >= 11 is 6.89. The fraction of sp³-hybridized carbons (Fsp3) is 0.0909. The first kappa shape index (κ1) is 39.4. The van der Waals surface area contributed by atoms with Gasteiger partial charge in [-0.3, -0.25) is 0 Å². The summed E-state index contributed by atoms with van der Waals surface area (Å²) < 4.78 is 60.1. The summed E-state index contributed by atoms with van der Waals surface area (Å²) in [5.74, 6) is 0. The number of halogens is 2. The predicted octanol–water partition coefficient (Wildman–Crippen LogP) is 10.6. The molecule has 0 aliphatic heterocycles. The topological polar surface area (TPSA) is 124 Å². The van der Waals surface area contributed by atoms with Crippen LogP contribution in [-0.4, -0.2) is 26.8 Å². The monoisotopic (exact) mass is 908 g/mol. The second-order valence-corrected chi connectivity index (χ2v) is 18.7. The number of hydrogen-bond acceptors (Lipinski definition) is 4. The van der Waals surface area contributed by atoms with Gasteiger partial charge in [0.2, 0.25) is 20.0 Å². The first-order valence-electron chi connectivity index (χ1n) is 17.7. The lowest BCUT2D eigenvalue weighted by Gasteiger charge is -2.19. The number of para-hydroxylation sites is 2. The van der Waals surface area contributed by atoms with Gasteiger partial charge in [-0.2, -0.15) is 9.44 Å². The number of H-pyrrole nitrogens is 2. The maximum atomic E-state index is 13.1. The zero-order valence-corrected chi connectivity index (χ0v) is 35.2. The average Bonchev–Trinajstić information content (AvgIpc) is 3.82. The minimum Gasteiger partial charge on any atom is -0.361 e. The van der Waals surface area contributed by atoms with E-state index in [2.05, 4.69) is 51.3 Å². The van der Waals surface area contributed by atoms with Crippen LogP contribution in [0.25, 0.3) is 21.8 Å². The first-order valence-corrected chi connectivity index (χ1v) is 22.2. The summed E-state index contributed by atoms with van der Waals surface area (Å²) in [6.45, 7) is 3.86. The Balaban J connectivity index is 0.000000172. The van der Waals surface area contributed by atoms with Crippen LogP contribution in [0, 0.1) is 13.8 Å². The summed E-state index contributed by atoms with van der Waals surface area (Å²) in [4.78, 5) is 6.98. The van der Waals surface area contributed by atoms with Crippen LogP contribution >= 0.6 is 31.9 Å². The molecule has 0 amide bonds. The molecule has 2 heterocycles. The Hall–Kier alpha value is -4.82. The molecule has 0 fully saturated rings. The molecule has 0 spiro atoms. The van der Waals surface area contributed by atoms with Crippen LogP contribution in [0.15, 0.2) is 177 Å². The second kappa shape index (κ2) is 16.7. The van der Waals surface area contributed by atoms with Gasteiger partial charge in [0.15, 0.2) is 0 Å². The highest BCUT2D eigenvalue weighted by Crippen LogP contribution is 2.33. The molecule has 8 aromatic rings. The third-order valence-corrected chi connectivity index (χ3v) is 13.4. The zero-order valence-electron chi connectivity index (χ0n) is 30.4. The first-order chi connectivity index (χ1) is 26.9. The lowest BCUT2D eigenvalue weighted by Crippen LogP contribution is -2.29. The molecule has 8 rings (SSSR count). The smallest absolute Gasteiger partial charge is 0.241 e.